The average Bonchev–Trinajstić information content (AvgIpc) is 2.49. The van der Waals surface area contributed by atoms with Crippen molar-refractivity contribution in [1.82, 2.24) is 4.98 Å². The quantitative estimate of drug-likeness (QED) is 0.301. The lowest BCUT2D eigenvalue weighted by atomic mass is 10.1. The molecule has 0 fully saturated rings. The number of aromatic nitrogens is 1. The summed E-state index contributed by atoms with van der Waals surface area (Å²) in [6.07, 6.45) is 13.8. The van der Waals surface area contributed by atoms with E-state index in [1.165, 1.54) is 31.8 Å². The van der Waals surface area contributed by atoms with E-state index >= 15 is 0 Å². The molecule has 4 nitrogen and oxygen atoms in total. The van der Waals surface area contributed by atoms with Gasteiger partial charge in [0, 0.05) is 12.3 Å². The second-order valence-corrected chi connectivity index (χ2v) is 4.74. The van der Waals surface area contributed by atoms with E-state index in [4.69, 9.17) is 9.84 Å². The molecule has 0 unspecified atom stereocenters. The molecule has 0 aliphatic carbocycles. The van der Waals surface area contributed by atoms with Crippen molar-refractivity contribution in [2.75, 3.05) is 0 Å². The van der Waals surface area contributed by atoms with Crippen molar-refractivity contribution in [3.8, 4) is 5.88 Å². The van der Waals surface area contributed by atoms with Gasteiger partial charge in [-0.2, -0.15) is 0 Å². The predicted octanol–water partition coefficient (Wildman–Crippen LogP) is 4.35. The molecule has 0 radical (unpaired) electrons. The standard InChI is InChI=1S/C17H23NO3/c1-2-3-4-5-6-7-8-9-12-15(17(19)20)21-16-13-10-11-14-18-16/h8-14H,2-7H2,1H3,(H,19,20)/b9-8+,15-12-. The summed E-state index contributed by atoms with van der Waals surface area (Å²) < 4.78 is 5.23. The summed E-state index contributed by atoms with van der Waals surface area (Å²) in [4.78, 5) is 15.0. The maximum atomic E-state index is 11.1. The van der Waals surface area contributed by atoms with Crippen LogP contribution in [0.1, 0.15) is 45.4 Å². The van der Waals surface area contributed by atoms with E-state index in [1.54, 1.807) is 30.5 Å². The zero-order valence-electron chi connectivity index (χ0n) is 12.5. The Kier molecular flexibility index (Phi) is 8.61. The number of hydrogen-bond donors (Lipinski definition) is 1. The summed E-state index contributed by atoms with van der Waals surface area (Å²) in [5.74, 6) is -0.955. The SMILES string of the molecule is CCCCCCC/C=C/C=C(\Oc1ccccn1)C(=O)O. The summed E-state index contributed by atoms with van der Waals surface area (Å²) in [6, 6.07) is 5.11. The fraction of sp³-hybridized carbons (Fsp3) is 0.412. The molecule has 1 aromatic heterocycles. The minimum atomic E-state index is -1.10. The molecule has 0 spiro atoms. The van der Waals surface area contributed by atoms with Crippen LogP contribution in [-0.2, 0) is 4.79 Å². The highest BCUT2D eigenvalue weighted by molar-refractivity contribution is 5.85. The van der Waals surface area contributed by atoms with Crippen LogP contribution < -0.4 is 4.74 Å². The Morgan fingerprint density at radius 2 is 2.10 bits per heavy atom. The first kappa shape index (κ1) is 17.0. The van der Waals surface area contributed by atoms with Crippen LogP contribution in [-0.4, -0.2) is 16.1 Å². The lowest BCUT2D eigenvalue weighted by Gasteiger charge is -2.03. The van der Waals surface area contributed by atoms with E-state index in [-0.39, 0.29) is 11.6 Å². The number of pyridine rings is 1. The summed E-state index contributed by atoms with van der Waals surface area (Å²) in [5, 5.41) is 9.08. The molecule has 0 saturated carbocycles. The number of carboxylic acid groups (broad SMARTS) is 1. The van der Waals surface area contributed by atoms with Gasteiger partial charge in [-0.1, -0.05) is 50.8 Å². The van der Waals surface area contributed by atoms with Crippen molar-refractivity contribution >= 4 is 5.97 Å². The van der Waals surface area contributed by atoms with Gasteiger partial charge in [-0.25, -0.2) is 9.78 Å². The van der Waals surface area contributed by atoms with Crippen molar-refractivity contribution in [3.05, 3.63) is 48.4 Å². The third-order valence-corrected chi connectivity index (χ3v) is 2.92. The molecule has 1 heterocycles. The number of unbranched alkanes of at least 4 members (excludes halogenated alkanes) is 5. The molecule has 0 amide bonds. The molecular formula is C17H23NO3. The first-order valence-corrected chi connectivity index (χ1v) is 7.43. The monoisotopic (exact) mass is 289 g/mol. The van der Waals surface area contributed by atoms with Gasteiger partial charge in [0.05, 0.1) is 0 Å². The van der Waals surface area contributed by atoms with E-state index in [1.807, 2.05) is 6.08 Å². The number of carboxylic acids is 1. The Balaban J connectivity index is 2.40. The number of ether oxygens (including phenoxy) is 1. The van der Waals surface area contributed by atoms with Gasteiger partial charge in [-0.3, -0.25) is 0 Å². The van der Waals surface area contributed by atoms with Gasteiger partial charge >= 0.3 is 5.97 Å². The van der Waals surface area contributed by atoms with Crippen LogP contribution in [0.25, 0.3) is 0 Å². The van der Waals surface area contributed by atoms with Crippen LogP contribution in [0.5, 0.6) is 5.88 Å². The van der Waals surface area contributed by atoms with Crippen LogP contribution >= 0.6 is 0 Å². The van der Waals surface area contributed by atoms with Crippen molar-refractivity contribution in [1.29, 1.82) is 0 Å². The second-order valence-electron chi connectivity index (χ2n) is 4.74. The van der Waals surface area contributed by atoms with Gasteiger partial charge in [-0.05, 0) is 25.0 Å². The maximum Gasteiger partial charge on any atom is 0.371 e. The number of aliphatic carboxylic acids is 1. The first-order chi connectivity index (χ1) is 10.2. The minimum Gasteiger partial charge on any atom is -0.475 e. The summed E-state index contributed by atoms with van der Waals surface area (Å²) in [6.45, 7) is 2.19. The summed E-state index contributed by atoms with van der Waals surface area (Å²) in [5.41, 5.74) is 0. The van der Waals surface area contributed by atoms with Gasteiger partial charge in [-0.15, -0.1) is 0 Å². The fourth-order valence-electron chi connectivity index (χ4n) is 1.79. The van der Waals surface area contributed by atoms with E-state index in [9.17, 15) is 4.79 Å². The van der Waals surface area contributed by atoms with Crippen LogP contribution in [0.3, 0.4) is 0 Å². The first-order valence-electron chi connectivity index (χ1n) is 7.43. The number of hydrogen-bond acceptors (Lipinski definition) is 3. The van der Waals surface area contributed by atoms with E-state index in [0.29, 0.717) is 0 Å². The van der Waals surface area contributed by atoms with Crippen molar-refractivity contribution in [2.24, 2.45) is 0 Å². The van der Waals surface area contributed by atoms with Crippen LogP contribution in [0.4, 0.5) is 0 Å². The average molecular weight is 289 g/mol. The molecule has 0 aromatic carbocycles. The highest BCUT2D eigenvalue weighted by atomic mass is 16.5. The molecular weight excluding hydrogens is 266 g/mol. The van der Waals surface area contributed by atoms with Gasteiger partial charge in [0.25, 0.3) is 0 Å². The van der Waals surface area contributed by atoms with Gasteiger partial charge in [0.15, 0.2) is 0 Å². The van der Waals surface area contributed by atoms with Crippen molar-refractivity contribution in [3.63, 3.8) is 0 Å². The summed E-state index contributed by atoms with van der Waals surface area (Å²) in [7, 11) is 0. The molecule has 0 bridgehead atoms. The summed E-state index contributed by atoms with van der Waals surface area (Å²) >= 11 is 0. The third-order valence-electron chi connectivity index (χ3n) is 2.92. The zero-order chi connectivity index (χ0) is 15.3. The van der Waals surface area contributed by atoms with E-state index < -0.39 is 5.97 Å². The molecule has 1 rings (SSSR count). The highest BCUT2D eigenvalue weighted by Crippen LogP contribution is 2.10. The molecule has 114 valence electrons. The topological polar surface area (TPSA) is 59.4 Å². The lowest BCUT2D eigenvalue weighted by molar-refractivity contribution is -0.135. The molecule has 1 aromatic rings. The van der Waals surface area contributed by atoms with Crippen LogP contribution in [0.15, 0.2) is 48.4 Å². The van der Waals surface area contributed by atoms with Gasteiger partial charge in [0.1, 0.15) is 0 Å². The number of allylic oxidation sites excluding steroid dienone is 3. The lowest BCUT2D eigenvalue weighted by Crippen LogP contribution is -2.08. The molecule has 0 atom stereocenters. The Morgan fingerprint density at radius 3 is 2.76 bits per heavy atom. The Bertz CT molecular complexity index is 466. The zero-order valence-corrected chi connectivity index (χ0v) is 12.5. The minimum absolute atomic E-state index is 0.129. The second kappa shape index (κ2) is 10.7. The fourth-order valence-corrected chi connectivity index (χ4v) is 1.79. The van der Waals surface area contributed by atoms with Gasteiger partial charge < -0.3 is 9.84 Å². The van der Waals surface area contributed by atoms with Gasteiger partial charge in [0.2, 0.25) is 11.6 Å². The Labute approximate surface area is 126 Å². The van der Waals surface area contributed by atoms with Crippen LogP contribution in [0.2, 0.25) is 0 Å². The van der Waals surface area contributed by atoms with Crippen molar-refractivity contribution in [2.45, 2.75) is 45.4 Å². The third kappa shape index (κ3) is 7.92. The predicted molar refractivity (Wildman–Crippen MR) is 83.1 cm³/mol. The molecule has 1 N–H and O–H groups in total. The Hall–Kier alpha value is -2.10. The molecule has 4 heteroatoms. The Morgan fingerprint density at radius 1 is 1.29 bits per heavy atom. The molecule has 0 aliphatic heterocycles. The van der Waals surface area contributed by atoms with E-state index in [2.05, 4.69) is 11.9 Å². The van der Waals surface area contributed by atoms with E-state index in [0.717, 1.165) is 12.8 Å². The number of rotatable bonds is 10. The number of carbonyl (C=O) groups is 1. The molecule has 21 heavy (non-hydrogen) atoms. The largest absolute Gasteiger partial charge is 0.475 e. The molecule has 0 saturated heterocycles. The van der Waals surface area contributed by atoms with Crippen LogP contribution in [0, 0.1) is 0 Å². The normalized spacial score (nSPS) is 11.8. The highest BCUT2D eigenvalue weighted by Gasteiger charge is 2.09. The van der Waals surface area contributed by atoms with Crippen molar-refractivity contribution < 1.29 is 14.6 Å². The molecule has 0 aliphatic rings. The number of nitrogens with zero attached hydrogens (tertiary/aromatic N) is 1. The maximum absolute atomic E-state index is 11.1. The smallest absolute Gasteiger partial charge is 0.371 e.